The molecule has 0 radical (unpaired) electrons. The van der Waals surface area contributed by atoms with Crippen LogP contribution in [0.4, 0.5) is 5.13 Å². The zero-order valence-electron chi connectivity index (χ0n) is 16.8. The number of hydrogen-bond acceptors (Lipinski definition) is 5. The van der Waals surface area contributed by atoms with Crippen LogP contribution in [0.25, 0.3) is 17.4 Å². The molecular weight excluding hydrogens is 501 g/mol. The molecule has 2 heterocycles. The van der Waals surface area contributed by atoms with Crippen LogP contribution in [0.15, 0.2) is 70.8 Å². The number of carbonyl (C=O) groups is 1. The Morgan fingerprint density at radius 1 is 1.15 bits per heavy atom. The molecule has 164 valence electrons. The van der Waals surface area contributed by atoms with E-state index in [1.807, 2.05) is 30.3 Å². The van der Waals surface area contributed by atoms with Gasteiger partial charge in [-0.2, -0.15) is 5.26 Å². The highest BCUT2D eigenvalue weighted by Crippen LogP contribution is 2.30. The Morgan fingerprint density at radius 2 is 1.97 bits per heavy atom. The van der Waals surface area contributed by atoms with E-state index in [1.54, 1.807) is 36.5 Å². The minimum absolute atomic E-state index is 0.114. The molecule has 4 aromatic rings. The quantitative estimate of drug-likeness (QED) is 0.213. The largest absolute Gasteiger partial charge is 0.457 e. The van der Waals surface area contributed by atoms with Gasteiger partial charge in [0.15, 0.2) is 5.13 Å². The fourth-order valence-electron chi connectivity index (χ4n) is 3.00. The first kappa shape index (κ1) is 23.1. The number of thiazole rings is 1. The molecule has 5 nitrogen and oxygen atoms in total. The summed E-state index contributed by atoms with van der Waals surface area (Å²) in [5.74, 6) is 0.359. The number of amides is 1. The summed E-state index contributed by atoms with van der Waals surface area (Å²) in [7, 11) is 0. The van der Waals surface area contributed by atoms with E-state index >= 15 is 0 Å². The molecule has 2 aromatic heterocycles. The Kier molecular flexibility index (Phi) is 7.17. The summed E-state index contributed by atoms with van der Waals surface area (Å²) in [4.78, 5) is 17.7. The molecule has 0 atom stereocenters. The normalized spacial score (nSPS) is 11.3. The van der Waals surface area contributed by atoms with Crippen LogP contribution in [0.1, 0.15) is 16.2 Å². The van der Waals surface area contributed by atoms with Crippen molar-refractivity contribution in [2.45, 2.75) is 6.42 Å². The highest BCUT2D eigenvalue weighted by Gasteiger charge is 2.14. The minimum Gasteiger partial charge on any atom is -0.457 e. The highest BCUT2D eigenvalue weighted by molar-refractivity contribution is 7.15. The maximum absolute atomic E-state index is 12.6. The van der Waals surface area contributed by atoms with Gasteiger partial charge >= 0.3 is 0 Å². The van der Waals surface area contributed by atoms with Crippen molar-refractivity contribution in [3.8, 4) is 17.4 Å². The molecular formula is C24H14Cl3N3O2S. The molecule has 33 heavy (non-hydrogen) atoms. The zero-order valence-corrected chi connectivity index (χ0v) is 19.9. The molecule has 1 N–H and O–H groups in total. The van der Waals surface area contributed by atoms with Gasteiger partial charge in [0.25, 0.3) is 5.91 Å². The van der Waals surface area contributed by atoms with Crippen LogP contribution in [-0.2, 0) is 11.2 Å². The van der Waals surface area contributed by atoms with E-state index in [0.29, 0.717) is 38.1 Å². The first-order valence-corrected chi connectivity index (χ1v) is 11.5. The monoisotopic (exact) mass is 513 g/mol. The van der Waals surface area contributed by atoms with Crippen LogP contribution < -0.4 is 5.32 Å². The minimum atomic E-state index is -0.583. The van der Waals surface area contributed by atoms with Crippen LogP contribution in [0.5, 0.6) is 0 Å². The van der Waals surface area contributed by atoms with Crippen LogP contribution in [0.3, 0.4) is 0 Å². The second kappa shape index (κ2) is 10.2. The molecule has 9 heteroatoms. The number of rotatable bonds is 6. The van der Waals surface area contributed by atoms with Crippen molar-refractivity contribution in [3.63, 3.8) is 0 Å². The van der Waals surface area contributed by atoms with Gasteiger partial charge in [-0.15, -0.1) is 11.3 Å². The third kappa shape index (κ3) is 5.65. The Labute approximate surface area is 208 Å². The lowest BCUT2D eigenvalue weighted by molar-refractivity contribution is -0.112. The average Bonchev–Trinajstić information content (AvgIpc) is 3.45. The van der Waals surface area contributed by atoms with Crippen molar-refractivity contribution in [2.24, 2.45) is 0 Å². The van der Waals surface area contributed by atoms with Gasteiger partial charge in [-0.25, -0.2) is 4.98 Å². The number of carbonyl (C=O) groups excluding carboxylic acids is 1. The fourth-order valence-corrected chi connectivity index (χ4v) is 4.41. The molecule has 0 saturated carbocycles. The van der Waals surface area contributed by atoms with Gasteiger partial charge < -0.3 is 4.42 Å². The molecule has 1 amide bonds. The van der Waals surface area contributed by atoms with Crippen LogP contribution in [-0.4, -0.2) is 10.9 Å². The summed E-state index contributed by atoms with van der Waals surface area (Å²) < 4.78 is 5.75. The lowest BCUT2D eigenvalue weighted by Crippen LogP contribution is -2.13. The predicted octanol–water partition coefficient (Wildman–Crippen LogP) is 7.50. The predicted molar refractivity (Wildman–Crippen MR) is 133 cm³/mol. The first-order valence-electron chi connectivity index (χ1n) is 9.59. The SMILES string of the molecule is N#C/C(=C\c1ccc(-c2cccc(Cl)c2)o1)C(=O)Nc1ncc(Cc2cccc(Cl)c2Cl)s1. The molecule has 0 aliphatic heterocycles. The van der Waals surface area contributed by atoms with Crippen molar-refractivity contribution in [3.05, 3.63) is 97.6 Å². The lowest BCUT2D eigenvalue weighted by Gasteiger charge is -2.03. The molecule has 0 bridgehead atoms. The third-order valence-corrected chi connectivity index (χ3v) is 6.56. The van der Waals surface area contributed by atoms with E-state index < -0.39 is 5.91 Å². The van der Waals surface area contributed by atoms with Crippen molar-refractivity contribution < 1.29 is 9.21 Å². The maximum Gasteiger partial charge on any atom is 0.268 e. The first-order chi connectivity index (χ1) is 15.9. The van der Waals surface area contributed by atoms with Gasteiger partial charge in [0.2, 0.25) is 0 Å². The summed E-state index contributed by atoms with van der Waals surface area (Å²) in [6.07, 6.45) is 3.55. The molecule has 0 spiro atoms. The number of hydrogen-bond donors (Lipinski definition) is 1. The molecule has 0 unspecified atom stereocenters. The summed E-state index contributed by atoms with van der Waals surface area (Å²) >= 11 is 19.6. The summed E-state index contributed by atoms with van der Waals surface area (Å²) in [6.45, 7) is 0. The van der Waals surface area contributed by atoms with E-state index in [4.69, 9.17) is 39.2 Å². The number of benzene rings is 2. The number of nitrogens with zero attached hydrogens (tertiary/aromatic N) is 2. The third-order valence-electron chi connectivity index (χ3n) is 4.56. The van der Waals surface area contributed by atoms with Crippen molar-refractivity contribution in [1.82, 2.24) is 4.98 Å². The fraction of sp³-hybridized carbons (Fsp3) is 0.0417. The van der Waals surface area contributed by atoms with Crippen molar-refractivity contribution in [2.75, 3.05) is 5.32 Å². The van der Waals surface area contributed by atoms with Crippen LogP contribution >= 0.6 is 46.1 Å². The van der Waals surface area contributed by atoms with E-state index in [0.717, 1.165) is 16.0 Å². The lowest BCUT2D eigenvalue weighted by atomic mass is 10.1. The van der Waals surface area contributed by atoms with Gasteiger partial charge in [0.05, 0.1) is 10.0 Å². The molecule has 0 saturated heterocycles. The average molecular weight is 515 g/mol. The topological polar surface area (TPSA) is 78.9 Å². The Hall–Kier alpha value is -3.08. The molecule has 0 aliphatic rings. The van der Waals surface area contributed by atoms with E-state index in [2.05, 4.69) is 10.3 Å². The number of halogens is 3. The van der Waals surface area contributed by atoms with Crippen molar-refractivity contribution in [1.29, 1.82) is 5.26 Å². The molecule has 2 aromatic carbocycles. The molecule has 4 rings (SSSR count). The smallest absolute Gasteiger partial charge is 0.268 e. The number of nitriles is 1. The Bertz CT molecular complexity index is 1400. The molecule has 0 fully saturated rings. The Balaban J connectivity index is 1.46. The van der Waals surface area contributed by atoms with Gasteiger partial charge in [-0.3, -0.25) is 10.1 Å². The molecule has 0 aliphatic carbocycles. The second-order valence-electron chi connectivity index (χ2n) is 6.86. The van der Waals surface area contributed by atoms with E-state index in [9.17, 15) is 10.1 Å². The van der Waals surface area contributed by atoms with Gasteiger partial charge in [-0.1, -0.05) is 59.1 Å². The highest BCUT2D eigenvalue weighted by atomic mass is 35.5. The maximum atomic E-state index is 12.6. The van der Waals surface area contributed by atoms with Crippen LogP contribution in [0.2, 0.25) is 15.1 Å². The van der Waals surface area contributed by atoms with Gasteiger partial charge in [0, 0.05) is 34.2 Å². The van der Waals surface area contributed by atoms with Gasteiger partial charge in [0.1, 0.15) is 23.2 Å². The summed E-state index contributed by atoms with van der Waals surface area (Å²) in [6, 6.07) is 17.9. The standard InChI is InChI=1S/C24H14Cl3N3O2S/c25-17-5-1-3-14(9-17)21-8-7-18(32-21)10-16(12-28)23(31)30-24-29-13-19(33-24)11-15-4-2-6-20(26)22(15)27/h1-10,13H,11H2,(H,29,30,31)/b16-10+. The number of anilines is 1. The van der Waals surface area contributed by atoms with E-state index in [-0.39, 0.29) is 5.57 Å². The van der Waals surface area contributed by atoms with Crippen LogP contribution in [0, 0.1) is 11.3 Å². The van der Waals surface area contributed by atoms with Crippen molar-refractivity contribution >= 4 is 63.3 Å². The Morgan fingerprint density at radius 3 is 2.76 bits per heavy atom. The van der Waals surface area contributed by atoms with E-state index in [1.165, 1.54) is 17.4 Å². The number of furan rings is 1. The zero-order chi connectivity index (χ0) is 23.4. The second-order valence-corrected chi connectivity index (χ2v) is 9.19. The van der Waals surface area contributed by atoms with Gasteiger partial charge in [-0.05, 0) is 35.9 Å². The summed E-state index contributed by atoms with van der Waals surface area (Å²) in [5, 5.41) is 14.0. The summed E-state index contributed by atoms with van der Waals surface area (Å²) in [5.41, 5.74) is 1.54. The number of nitrogens with one attached hydrogen (secondary N) is 1. The number of aromatic nitrogens is 1.